The molecule has 2 saturated heterocycles. The Hall–Kier alpha value is -3.55. The zero-order valence-corrected chi connectivity index (χ0v) is 20.0. The van der Waals surface area contributed by atoms with Crippen LogP contribution >= 0.6 is 0 Å². The van der Waals surface area contributed by atoms with E-state index in [1.54, 1.807) is 17.0 Å². The first-order chi connectivity index (χ1) is 16.8. The summed E-state index contributed by atoms with van der Waals surface area (Å²) in [5, 5.41) is 0. The van der Waals surface area contributed by atoms with Crippen molar-refractivity contribution in [3.63, 3.8) is 0 Å². The number of piperidine rings is 1. The second-order valence-electron chi connectivity index (χ2n) is 10.0. The molecule has 0 saturated carbocycles. The molecule has 6 rings (SSSR count). The van der Waals surface area contributed by atoms with Gasteiger partial charge in [-0.25, -0.2) is 0 Å². The van der Waals surface area contributed by atoms with Crippen LogP contribution in [-0.4, -0.2) is 54.5 Å². The second-order valence-corrected chi connectivity index (χ2v) is 10.0. The maximum atomic E-state index is 13.3. The molecule has 1 spiro atoms. The third kappa shape index (κ3) is 3.63. The average molecular weight is 477 g/mol. The normalized spacial score (nSPS) is 22.4. The second kappa shape index (κ2) is 8.00. The monoisotopic (exact) mass is 476 g/mol. The first-order valence-electron chi connectivity index (χ1n) is 12.1. The Morgan fingerprint density at radius 1 is 1.03 bits per heavy atom. The number of Topliss-reactive ketones (excluding diaryl/α,β-unsaturated/α-hetero) is 1. The van der Waals surface area contributed by atoms with E-state index in [9.17, 15) is 14.4 Å². The van der Waals surface area contributed by atoms with Gasteiger partial charge in [-0.05, 0) is 43.2 Å². The lowest BCUT2D eigenvalue weighted by Crippen LogP contribution is -2.53. The molecule has 0 aromatic heterocycles. The van der Waals surface area contributed by atoms with Crippen LogP contribution in [0.1, 0.15) is 47.2 Å². The molecule has 2 amide bonds. The summed E-state index contributed by atoms with van der Waals surface area (Å²) in [5.41, 5.74) is 2.90. The van der Waals surface area contributed by atoms with Crippen LogP contribution in [0.25, 0.3) is 0 Å². The van der Waals surface area contributed by atoms with Gasteiger partial charge >= 0.3 is 0 Å². The topological polar surface area (TPSA) is 85.4 Å². The molecule has 8 nitrogen and oxygen atoms in total. The van der Waals surface area contributed by atoms with E-state index in [4.69, 9.17) is 14.2 Å². The maximum Gasteiger partial charge on any atom is 0.231 e. The average Bonchev–Trinajstić information content (AvgIpc) is 3.48. The Labute approximate surface area is 203 Å². The van der Waals surface area contributed by atoms with Gasteiger partial charge in [0.2, 0.25) is 18.6 Å². The van der Waals surface area contributed by atoms with Crippen molar-refractivity contribution in [2.75, 3.05) is 31.3 Å². The van der Waals surface area contributed by atoms with Gasteiger partial charge in [-0.1, -0.05) is 6.07 Å². The number of aryl methyl sites for hydroxylation is 1. The minimum Gasteiger partial charge on any atom is -0.486 e. The van der Waals surface area contributed by atoms with Crippen LogP contribution in [0.15, 0.2) is 30.3 Å². The highest BCUT2D eigenvalue weighted by Gasteiger charge is 2.46. The Balaban J connectivity index is 1.12. The summed E-state index contributed by atoms with van der Waals surface area (Å²) in [6.45, 7) is 5.55. The van der Waals surface area contributed by atoms with Crippen molar-refractivity contribution >= 4 is 23.3 Å². The lowest BCUT2D eigenvalue weighted by molar-refractivity contribution is -0.139. The van der Waals surface area contributed by atoms with Crippen LogP contribution in [0.3, 0.4) is 0 Å². The molecule has 35 heavy (non-hydrogen) atoms. The molecule has 2 aromatic rings. The van der Waals surface area contributed by atoms with Crippen LogP contribution in [0.4, 0.5) is 5.69 Å². The van der Waals surface area contributed by atoms with E-state index in [-0.39, 0.29) is 36.7 Å². The predicted octanol–water partition coefficient (Wildman–Crippen LogP) is 3.41. The fraction of sp³-hybridized carbons (Fsp3) is 0.444. The van der Waals surface area contributed by atoms with Crippen molar-refractivity contribution in [2.24, 2.45) is 5.92 Å². The molecule has 8 heteroatoms. The molecular weight excluding hydrogens is 448 g/mol. The number of likely N-dealkylation sites (tertiary alicyclic amines) is 1. The van der Waals surface area contributed by atoms with Crippen LogP contribution in [0, 0.1) is 19.8 Å². The highest BCUT2D eigenvalue weighted by molar-refractivity contribution is 6.01. The highest BCUT2D eigenvalue weighted by atomic mass is 16.7. The third-order valence-corrected chi connectivity index (χ3v) is 7.91. The van der Waals surface area contributed by atoms with Crippen LogP contribution in [0.2, 0.25) is 0 Å². The van der Waals surface area contributed by atoms with Crippen molar-refractivity contribution in [3.05, 3.63) is 47.0 Å². The molecular formula is C27H28N2O6. The number of carbonyl (C=O) groups is 3. The first-order valence-corrected chi connectivity index (χ1v) is 12.1. The summed E-state index contributed by atoms with van der Waals surface area (Å²) in [6.07, 6.45) is 1.73. The summed E-state index contributed by atoms with van der Waals surface area (Å²) in [6, 6.07) is 9.22. The van der Waals surface area contributed by atoms with Gasteiger partial charge in [0.15, 0.2) is 17.3 Å². The molecule has 4 aliphatic heterocycles. The van der Waals surface area contributed by atoms with Gasteiger partial charge < -0.3 is 24.0 Å². The number of hydrogen-bond donors (Lipinski definition) is 0. The smallest absolute Gasteiger partial charge is 0.231 e. The molecule has 0 N–H and O–H groups in total. The van der Waals surface area contributed by atoms with E-state index in [2.05, 4.69) is 0 Å². The van der Waals surface area contributed by atoms with E-state index in [0.717, 1.165) is 11.1 Å². The van der Waals surface area contributed by atoms with E-state index in [0.29, 0.717) is 67.4 Å². The fourth-order valence-corrected chi connectivity index (χ4v) is 5.63. The lowest BCUT2D eigenvalue weighted by Gasteiger charge is -2.44. The number of carbonyl (C=O) groups excluding carboxylic acids is 3. The molecule has 1 unspecified atom stereocenters. The molecule has 0 aliphatic carbocycles. The van der Waals surface area contributed by atoms with Gasteiger partial charge in [0.1, 0.15) is 11.4 Å². The third-order valence-electron chi connectivity index (χ3n) is 7.91. The highest BCUT2D eigenvalue weighted by Crippen LogP contribution is 2.42. The van der Waals surface area contributed by atoms with Gasteiger partial charge in [0, 0.05) is 50.7 Å². The number of ether oxygens (including phenoxy) is 3. The molecule has 4 heterocycles. The number of nitrogens with zero attached hydrogens (tertiary/aromatic N) is 2. The SMILES string of the molecule is Cc1ccc2c(c1C)OC1(CCN(C(=O)C3CC(=O)N(c4ccc5c(c4)OCO5)C3)CC1)CC2=O. The summed E-state index contributed by atoms with van der Waals surface area (Å²) >= 11 is 0. The number of rotatable bonds is 2. The number of fused-ring (bicyclic) bond motifs is 2. The number of anilines is 1. The summed E-state index contributed by atoms with van der Waals surface area (Å²) in [5.74, 6) is 1.61. The molecule has 2 aromatic carbocycles. The first kappa shape index (κ1) is 21.9. The predicted molar refractivity (Wildman–Crippen MR) is 127 cm³/mol. The zero-order chi connectivity index (χ0) is 24.3. The van der Waals surface area contributed by atoms with Gasteiger partial charge in [-0.2, -0.15) is 0 Å². The standard InChI is InChI=1S/C27H28N2O6/c1-16-3-5-20-21(30)13-27(35-25(20)17(16)2)7-9-28(10-8-27)26(32)18-11-24(31)29(14-18)19-4-6-22-23(12-19)34-15-33-22/h3-6,12,18H,7-11,13-15H2,1-2H3. The Kier molecular flexibility index (Phi) is 5.02. The fourth-order valence-electron chi connectivity index (χ4n) is 5.63. The van der Waals surface area contributed by atoms with Crippen molar-refractivity contribution < 1.29 is 28.6 Å². The molecule has 0 bridgehead atoms. The van der Waals surface area contributed by atoms with E-state index in [1.165, 1.54) is 0 Å². The van der Waals surface area contributed by atoms with Crippen molar-refractivity contribution in [1.82, 2.24) is 4.90 Å². The zero-order valence-electron chi connectivity index (χ0n) is 20.0. The number of benzene rings is 2. The molecule has 1 atom stereocenters. The number of ketones is 1. The number of hydrogen-bond acceptors (Lipinski definition) is 6. The molecule has 4 aliphatic rings. The molecule has 182 valence electrons. The van der Waals surface area contributed by atoms with Gasteiger partial charge in [-0.15, -0.1) is 0 Å². The Morgan fingerprint density at radius 2 is 1.80 bits per heavy atom. The maximum absolute atomic E-state index is 13.3. The van der Waals surface area contributed by atoms with E-state index >= 15 is 0 Å². The van der Waals surface area contributed by atoms with E-state index in [1.807, 2.05) is 36.9 Å². The van der Waals surface area contributed by atoms with Crippen LogP contribution in [-0.2, 0) is 9.59 Å². The van der Waals surface area contributed by atoms with Crippen molar-refractivity contribution in [2.45, 2.75) is 45.1 Å². The number of amides is 2. The van der Waals surface area contributed by atoms with Crippen molar-refractivity contribution in [1.29, 1.82) is 0 Å². The van der Waals surface area contributed by atoms with E-state index < -0.39 is 5.60 Å². The summed E-state index contributed by atoms with van der Waals surface area (Å²) < 4.78 is 17.3. The van der Waals surface area contributed by atoms with Crippen molar-refractivity contribution in [3.8, 4) is 17.2 Å². The Morgan fingerprint density at radius 3 is 2.60 bits per heavy atom. The largest absolute Gasteiger partial charge is 0.486 e. The van der Waals surface area contributed by atoms with Crippen LogP contribution < -0.4 is 19.1 Å². The lowest BCUT2D eigenvalue weighted by atomic mass is 9.81. The summed E-state index contributed by atoms with van der Waals surface area (Å²) in [7, 11) is 0. The quantitative estimate of drug-likeness (QED) is 0.661. The summed E-state index contributed by atoms with van der Waals surface area (Å²) in [4.78, 5) is 42.5. The molecule has 2 fully saturated rings. The minimum atomic E-state index is -0.566. The van der Waals surface area contributed by atoms with Gasteiger partial charge in [0.25, 0.3) is 0 Å². The van der Waals surface area contributed by atoms with Gasteiger partial charge in [-0.3, -0.25) is 14.4 Å². The van der Waals surface area contributed by atoms with Crippen LogP contribution in [0.5, 0.6) is 17.2 Å². The molecule has 0 radical (unpaired) electrons. The Bertz CT molecular complexity index is 1250. The van der Waals surface area contributed by atoms with Gasteiger partial charge in [0.05, 0.1) is 17.9 Å². The minimum absolute atomic E-state index is 0.00833.